The largest absolute Gasteiger partial charge is 0.480 e. The van der Waals surface area contributed by atoms with E-state index in [0.29, 0.717) is 0 Å². The number of H-pyrrole nitrogens is 1. The third kappa shape index (κ3) is 6.34. The van der Waals surface area contributed by atoms with Gasteiger partial charge in [-0.15, -0.1) is 0 Å². The highest BCUT2D eigenvalue weighted by Crippen LogP contribution is 2.26. The molecule has 0 aliphatic heterocycles. The van der Waals surface area contributed by atoms with E-state index in [9.17, 15) is 32.7 Å². The number of aromatic nitrogens is 1. The van der Waals surface area contributed by atoms with Crippen LogP contribution in [0.25, 0.3) is 0 Å². The molecule has 0 spiro atoms. The summed E-state index contributed by atoms with van der Waals surface area (Å²) in [7, 11) is 0. The van der Waals surface area contributed by atoms with Gasteiger partial charge >= 0.3 is 5.97 Å². The summed E-state index contributed by atoms with van der Waals surface area (Å²) in [5.74, 6) is -4.56. The highest BCUT2D eigenvalue weighted by molar-refractivity contribution is 6.12. The minimum absolute atomic E-state index is 0.0917. The number of aromatic amines is 1. The average Bonchev–Trinajstić information content (AvgIpc) is 2.89. The number of hydrogen-bond acceptors (Lipinski definition) is 5. The number of rotatable bonds is 10. The van der Waals surface area contributed by atoms with E-state index in [1.807, 2.05) is 0 Å². The Morgan fingerprint density at radius 1 is 0.868 bits per heavy atom. The zero-order chi connectivity index (χ0) is 27.2. The zero-order valence-electron chi connectivity index (χ0n) is 19.8. The minimum Gasteiger partial charge on any atom is -0.480 e. The molecule has 0 aliphatic rings. The molecule has 7 nitrogen and oxygen atoms in total. The number of aliphatic carboxylic acids is 1. The van der Waals surface area contributed by atoms with Crippen molar-refractivity contribution < 1.29 is 27.9 Å². The molecule has 0 saturated heterocycles. The lowest BCUT2D eigenvalue weighted by atomic mass is 10.0. The second-order valence-electron chi connectivity index (χ2n) is 8.47. The number of carboxylic acid groups (broad SMARTS) is 1. The van der Waals surface area contributed by atoms with Crippen LogP contribution in [0.1, 0.15) is 27.0 Å². The Bertz CT molecular complexity index is 1500. The number of ketones is 1. The Hall–Kier alpha value is -4.70. The van der Waals surface area contributed by atoms with Crippen LogP contribution in [0.4, 0.5) is 24.7 Å². The first-order valence-corrected chi connectivity index (χ1v) is 11.5. The normalized spacial score (nSPS) is 11.7. The van der Waals surface area contributed by atoms with Gasteiger partial charge in [0.2, 0.25) is 5.56 Å². The molecule has 3 aromatic carbocycles. The summed E-state index contributed by atoms with van der Waals surface area (Å²) >= 11 is 0. The quantitative estimate of drug-likeness (QED) is 0.228. The van der Waals surface area contributed by atoms with Gasteiger partial charge in [-0.2, -0.15) is 0 Å². The Morgan fingerprint density at radius 3 is 2.16 bits per heavy atom. The number of pyridine rings is 1. The molecule has 0 bridgehead atoms. The molecule has 194 valence electrons. The number of carboxylic acids is 1. The molecule has 1 aromatic heterocycles. The second-order valence-corrected chi connectivity index (χ2v) is 8.47. The molecule has 4 N–H and O–H groups in total. The van der Waals surface area contributed by atoms with Crippen molar-refractivity contribution in [3.63, 3.8) is 0 Å². The lowest BCUT2D eigenvalue weighted by molar-refractivity contribution is -0.139. The van der Waals surface area contributed by atoms with Gasteiger partial charge in [0.25, 0.3) is 0 Å². The fraction of sp³-hybridized carbons (Fsp3) is 0.107. The van der Waals surface area contributed by atoms with Gasteiger partial charge in [0, 0.05) is 18.2 Å². The number of anilines is 2. The molecular weight excluding hydrogens is 499 g/mol. The van der Waals surface area contributed by atoms with Crippen LogP contribution >= 0.6 is 0 Å². The highest BCUT2D eigenvalue weighted by Gasteiger charge is 2.20. The van der Waals surface area contributed by atoms with E-state index >= 15 is 0 Å². The van der Waals surface area contributed by atoms with Crippen molar-refractivity contribution in [1.82, 2.24) is 10.3 Å². The van der Waals surface area contributed by atoms with Gasteiger partial charge in [0.15, 0.2) is 5.78 Å². The molecule has 38 heavy (non-hydrogen) atoms. The van der Waals surface area contributed by atoms with E-state index in [0.717, 1.165) is 35.9 Å². The lowest BCUT2D eigenvalue weighted by Crippen LogP contribution is -2.38. The SMILES string of the molecule is O=C(c1ccc(F)cc1)c1ccc(=O)[nH]c1Nc1c(F)cc(CNC(Cc2ccccc2)C(=O)O)cc1F. The molecule has 1 atom stereocenters. The highest BCUT2D eigenvalue weighted by atomic mass is 19.1. The number of carbonyl (C=O) groups excluding carboxylic acids is 1. The number of carbonyl (C=O) groups is 2. The van der Waals surface area contributed by atoms with Crippen LogP contribution in [0.15, 0.2) is 83.7 Å². The van der Waals surface area contributed by atoms with Crippen molar-refractivity contribution in [2.75, 3.05) is 5.32 Å². The first-order valence-electron chi connectivity index (χ1n) is 11.5. The molecule has 10 heteroatoms. The molecule has 4 rings (SSSR count). The third-order valence-corrected chi connectivity index (χ3v) is 5.76. The lowest BCUT2D eigenvalue weighted by Gasteiger charge is -2.16. The number of nitrogens with one attached hydrogen (secondary N) is 3. The number of halogens is 3. The summed E-state index contributed by atoms with van der Waals surface area (Å²) in [5, 5.41) is 14.8. The van der Waals surface area contributed by atoms with Gasteiger partial charge in [-0.3, -0.25) is 14.4 Å². The predicted molar refractivity (Wildman–Crippen MR) is 135 cm³/mol. The summed E-state index contributed by atoms with van der Waals surface area (Å²) in [4.78, 5) is 38.8. The van der Waals surface area contributed by atoms with Gasteiger partial charge in [-0.25, -0.2) is 13.2 Å². The Balaban J connectivity index is 1.54. The molecule has 0 saturated carbocycles. The van der Waals surface area contributed by atoms with Gasteiger partial charge in [0.05, 0.1) is 5.56 Å². The van der Waals surface area contributed by atoms with Gasteiger partial charge in [-0.05, 0) is 60.0 Å². The topological polar surface area (TPSA) is 111 Å². The van der Waals surface area contributed by atoms with Crippen LogP contribution < -0.4 is 16.2 Å². The van der Waals surface area contributed by atoms with Crippen LogP contribution in [0.5, 0.6) is 0 Å². The summed E-state index contributed by atoms with van der Waals surface area (Å²) in [6, 6.07) is 16.9. The molecular formula is C28H22F3N3O4. The fourth-order valence-electron chi connectivity index (χ4n) is 3.83. The Labute approximate surface area is 215 Å². The second kappa shape index (κ2) is 11.6. The summed E-state index contributed by atoms with van der Waals surface area (Å²) in [6.45, 7) is -0.131. The molecule has 1 unspecified atom stereocenters. The molecule has 0 amide bonds. The molecule has 0 fully saturated rings. The minimum atomic E-state index is -1.11. The summed E-state index contributed by atoms with van der Waals surface area (Å²) in [6.07, 6.45) is 0.174. The molecule has 0 aliphatic carbocycles. The van der Waals surface area contributed by atoms with Crippen LogP contribution in [0.3, 0.4) is 0 Å². The van der Waals surface area contributed by atoms with Crippen molar-refractivity contribution in [2.45, 2.75) is 19.0 Å². The third-order valence-electron chi connectivity index (χ3n) is 5.76. The summed E-state index contributed by atoms with van der Waals surface area (Å²) < 4.78 is 43.2. The van der Waals surface area contributed by atoms with Gasteiger partial charge in [0.1, 0.15) is 35.0 Å². The predicted octanol–water partition coefficient (Wildman–Crippen LogP) is 4.55. The maximum atomic E-state index is 15.0. The molecule has 1 heterocycles. The Kier molecular flexibility index (Phi) is 8.03. The molecule has 0 radical (unpaired) electrons. The monoisotopic (exact) mass is 521 g/mol. The van der Waals surface area contributed by atoms with Crippen molar-refractivity contribution in [3.05, 3.63) is 129 Å². The van der Waals surface area contributed by atoms with Crippen molar-refractivity contribution >= 4 is 23.3 Å². The first kappa shape index (κ1) is 26.4. The average molecular weight is 521 g/mol. The maximum Gasteiger partial charge on any atom is 0.321 e. The first-order chi connectivity index (χ1) is 18.2. The molecule has 4 aromatic rings. The van der Waals surface area contributed by atoms with Crippen molar-refractivity contribution in [2.24, 2.45) is 0 Å². The van der Waals surface area contributed by atoms with E-state index in [2.05, 4.69) is 15.6 Å². The van der Waals surface area contributed by atoms with Crippen LogP contribution in [0, 0.1) is 17.5 Å². The van der Waals surface area contributed by atoms with E-state index in [-0.39, 0.29) is 35.5 Å². The van der Waals surface area contributed by atoms with Crippen LogP contribution in [-0.2, 0) is 17.8 Å². The Morgan fingerprint density at radius 2 is 1.53 bits per heavy atom. The van der Waals surface area contributed by atoms with Crippen LogP contribution in [-0.4, -0.2) is 27.9 Å². The number of hydrogen-bond donors (Lipinski definition) is 4. The van der Waals surface area contributed by atoms with Gasteiger partial charge < -0.3 is 20.7 Å². The summed E-state index contributed by atoms with van der Waals surface area (Å²) in [5.41, 5.74) is -0.301. The van der Waals surface area contributed by atoms with E-state index < -0.39 is 46.5 Å². The standard InChI is InChI=1S/C28H22F3N3O4/c29-19-8-6-18(7-9-19)26(36)20-10-11-24(35)33-27(20)34-25-21(30)12-17(13-22(25)31)15-32-23(28(37)38)14-16-4-2-1-3-5-16/h1-13,23,32H,14-15H2,(H,37,38)(H2,33,34,35). The fourth-order valence-corrected chi connectivity index (χ4v) is 3.83. The zero-order valence-corrected chi connectivity index (χ0v) is 19.8. The van der Waals surface area contributed by atoms with Crippen molar-refractivity contribution in [3.8, 4) is 0 Å². The van der Waals surface area contributed by atoms with E-state index in [1.165, 1.54) is 18.2 Å². The van der Waals surface area contributed by atoms with Crippen molar-refractivity contribution in [1.29, 1.82) is 0 Å². The van der Waals surface area contributed by atoms with Gasteiger partial charge in [-0.1, -0.05) is 30.3 Å². The smallest absolute Gasteiger partial charge is 0.321 e. The number of benzene rings is 3. The maximum absolute atomic E-state index is 15.0. The van der Waals surface area contributed by atoms with E-state index in [4.69, 9.17) is 0 Å². The van der Waals surface area contributed by atoms with Crippen LogP contribution in [0.2, 0.25) is 0 Å². The van der Waals surface area contributed by atoms with E-state index in [1.54, 1.807) is 30.3 Å².